The van der Waals surface area contributed by atoms with Crippen molar-refractivity contribution in [1.29, 1.82) is 0 Å². The summed E-state index contributed by atoms with van der Waals surface area (Å²) in [6, 6.07) is 9.73. The first-order valence-electron chi connectivity index (χ1n) is 6.63. The Kier molecular flexibility index (Phi) is 4.23. The maximum Gasteiger partial charge on any atom is 0.309 e. The maximum atomic E-state index is 11.5. The van der Waals surface area contributed by atoms with Crippen LogP contribution in [0.2, 0.25) is 0 Å². The van der Waals surface area contributed by atoms with E-state index in [2.05, 4.69) is 4.98 Å². The van der Waals surface area contributed by atoms with E-state index >= 15 is 0 Å². The van der Waals surface area contributed by atoms with Gasteiger partial charge in [0.1, 0.15) is 11.4 Å². The molecule has 0 fully saturated rings. The summed E-state index contributed by atoms with van der Waals surface area (Å²) in [5, 5.41) is 1.02. The van der Waals surface area contributed by atoms with Gasteiger partial charge in [0.25, 0.3) is 0 Å². The van der Waals surface area contributed by atoms with Gasteiger partial charge in [-0.25, -0.2) is 0 Å². The summed E-state index contributed by atoms with van der Waals surface area (Å²) < 4.78 is 10.7. The minimum Gasteiger partial charge on any atom is -0.491 e. The standard InChI is InChI=1S/C16H19NO3/c1-16(2,3)20-15(18)8-9-19-13-10-12-6-4-5-7-14(12)17-11-13/h4-7,10-11H,8-9H2,1-3H3. The molecule has 4 nitrogen and oxygen atoms in total. The van der Waals surface area contributed by atoms with Crippen molar-refractivity contribution >= 4 is 16.9 Å². The van der Waals surface area contributed by atoms with Crippen molar-refractivity contribution in [2.45, 2.75) is 32.8 Å². The molecule has 0 aliphatic carbocycles. The number of aromatic nitrogens is 1. The molecule has 0 radical (unpaired) electrons. The summed E-state index contributed by atoms with van der Waals surface area (Å²) in [5.74, 6) is 0.401. The number of carbonyl (C=O) groups is 1. The van der Waals surface area contributed by atoms with E-state index in [1.807, 2.05) is 51.1 Å². The predicted octanol–water partition coefficient (Wildman–Crippen LogP) is 3.35. The van der Waals surface area contributed by atoms with Crippen molar-refractivity contribution in [1.82, 2.24) is 4.98 Å². The lowest BCUT2D eigenvalue weighted by Gasteiger charge is -2.19. The van der Waals surface area contributed by atoms with Crippen LogP contribution in [-0.2, 0) is 9.53 Å². The number of fused-ring (bicyclic) bond motifs is 1. The van der Waals surface area contributed by atoms with Crippen LogP contribution in [0.5, 0.6) is 5.75 Å². The van der Waals surface area contributed by atoms with Gasteiger partial charge in [-0.15, -0.1) is 0 Å². The Balaban J connectivity index is 1.88. The second-order valence-electron chi connectivity index (χ2n) is 5.55. The van der Waals surface area contributed by atoms with Crippen LogP contribution in [0.15, 0.2) is 36.5 Å². The van der Waals surface area contributed by atoms with Crippen molar-refractivity contribution in [3.05, 3.63) is 36.5 Å². The minimum atomic E-state index is -0.457. The normalized spacial score (nSPS) is 11.3. The van der Waals surface area contributed by atoms with E-state index in [1.54, 1.807) is 6.20 Å². The molecular weight excluding hydrogens is 254 g/mol. The third-order valence-electron chi connectivity index (χ3n) is 2.56. The second-order valence-corrected chi connectivity index (χ2v) is 5.55. The molecule has 106 valence electrons. The molecule has 0 amide bonds. The third-order valence-corrected chi connectivity index (χ3v) is 2.56. The highest BCUT2D eigenvalue weighted by atomic mass is 16.6. The maximum absolute atomic E-state index is 11.5. The first-order chi connectivity index (χ1) is 9.44. The molecule has 0 aliphatic rings. The van der Waals surface area contributed by atoms with E-state index in [-0.39, 0.29) is 19.0 Å². The van der Waals surface area contributed by atoms with Crippen LogP contribution in [0.4, 0.5) is 0 Å². The van der Waals surface area contributed by atoms with Crippen molar-refractivity contribution in [3.8, 4) is 5.75 Å². The number of carbonyl (C=O) groups excluding carboxylic acids is 1. The average molecular weight is 273 g/mol. The molecule has 0 aliphatic heterocycles. The molecular formula is C16H19NO3. The van der Waals surface area contributed by atoms with Gasteiger partial charge in [0, 0.05) is 5.39 Å². The molecule has 0 bridgehead atoms. The molecule has 0 unspecified atom stereocenters. The molecule has 1 aromatic carbocycles. The Morgan fingerprint density at radius 2 is 2.00 bits per heavy atom. The zero-order valence-corrected chi connectivity index (χ0v) is 12.1. The fraction of sp³-hybridized carbons (Fsp3) is 0.375. The minimum absolute atomic E-state index is 0.226. The number of para-hydroxylation sites is 1. The quantitative estimate of drug-likeness (QED) is 0.802. The van der Waals surface area contributed by atoms with Crippen LogP contribution in [0.3, 0.4) is 0 Å². The number of nitrogens with zero attached hydrogens (tertiary/aromatic N) is 1. The Hall–Kier alpha value is -2.10. The molecule has 20 heavy (non-hydrogen) atoms. The van der Waals surface area contributed by atoms with E-state index in [0.717, 1.165) is 10.9 Å². The van der Waals surface area contributed by atoms with Gasteiger partial charge < -0.3 is 9.47 Å². The summed E-state index contributed by atoms with van der Waals surface area (Å²) in [7, 11) is 0. The van der Waals surface area contributed by atoms with Crippen LogP contribution >= 0.6 is 0 Å². The number of benzene rings is 1. The second kappa shape index (κ2) is 5.90. The van der Waals surface area contributed by atoms with Gasteiger partial charge in [-0.1, -0.05) is 18.2 Å². The largest absolute Gasteiger partial charge is 0.491 e. The number of hydrogen-bond acceptors (Lipinski definition) is 4. The summed E-state index contributed by atoms with van der Waals surface area (Å²) >= 11 is 0. The Morgan fingerprint density at radius 3 is 2.75 bits per heavy atom. The van der Waals surface area contributed by atoms with Crippen LogP contribution < -0.4 is 4.74 Å². The van der Waals surface area contributed by atoms with Crippen molar-refractivity contribution in [3.63, 3.8) is 0 Å². The van der Waals surface area contributed by atoms with Crippen LogP contribution in [0.1, 0.15) is 27.2 Å². The highest BCUT2D eigenvalue weighted by molar-refractivity contribution is 5.79. The van der Waals surface area contributed by atoms with Crippen molar-refractivity contribution in [2.24, 2.45) is 0 Å². The lowest BCUT2D eigenvalue weighted by atomic mass is 10.2. The molecule has 0 saturated heterocycles. The number of pyridine rings is 1. The van der Waals surface area contributed by atoms with E-state index in [0.29, 0.717) is 5.75 Å². The van der Waals surface area contributed by atoms with Gasteiger partial charge in [0.15, 0.2) is 0 Å². The monoisotopic (exact) mass is 273 g/mol. The molecule has 0 saturated carbocycles. The molecule has 0 N–H and O–H groups in total. The molecule has 0 spiro atoms. The highest BCUT2D eigenvalue weighted by Crippen LogP contribution is 2.18. The van der Waals surface area contributed by atoms with E-state index in [1.165, 1.54) is 0 Å². The predicted molar refractivity (Wildman–Crippen MR) is 77.7 cm³/mol. The summed E-state index contributed by atoms with van der Waals surface area (Å²) in [6.07, 6.45) is 1.89. The molecule has 2 rings (SSSR count). The highest BCUT2D eigenvalue weighted by Gasteiger charge is 2.15. The Labute approximate surface area is 118 Å². The number of ether oxygens (including phenoxy) is 2. The number of hydrogen-bond donors (Lipinski definition) is 0. The average Bonchev–Trinajstić information content (AvgIpc) is 2.36. The fourth-order valence-electron chi connectivity index (χ4n) is 1.77. The zero-order chi connectivity index (χ0) is 14.6. The van der Waals surface area contributed by atoms with Crippen LogP contribution in [0.25, 0.3) is 10.9 Å². The number of rotatable bonds is 4. The van der Waals surface area contributed by atoms with Gasteiger partial charge in [-0.05, 0) is 32.9 Å². The van der Waals surface area contributed by atoms with Crippen molar-refractivity contribution in [2.75, 3.05) is 6.61 Å². The Morgan fingerprint density at radius 1 is 1.25 bits per heavy atom. The lowest BCUT2D eigenvalue weighted by molar-refractivity contribution is -0.155. The SMILES string of the molecule is CC(C)(C)OC(=O)CCOc1cnc2ccccc2c1. The van der Waals surface area contributed by atoms with Crippen molar-refractivity contribution < 1.29 is 14.3 Å². The van der Waals surface area contributed by atoms with E-state index in [9.17, 15) is 4.79 Å². The summed E-state index contributed by atoms with van der Waals surface area (Å²) in [4.78, 5) is 15.8. The smallest absolute Gasteiger partial charge is 0.309 e. The summed E-state index contributed by atoms with van der Waals surface area (Å²) in [6.45, 7) is 5.83. The molecule has 2 aromatic rings. The molecule has 4 heteroatoms. The third kappa shape index (κ3) is 4.23. The van der Waals surface area contributed by atoms with Gasteiger partial charge in [-0.3, -0.25) is 9.78 Å². The zero-order valence-electron chi connectivity index (χ0n) is 12.1. The number of esters is 1. The Bertz CT molecular complexity index is 602. The van der Waals surface area contributed by atoms with Gasteiger partial charge in [0.2, 0.25) is 0 Å². The van der Waals surface area contributed by atoms with Crippen LogP contribution in [0, 0.1) is 0 Å². The van der Waals surface area contributed by atoms with Gasteiger partial charge in [0.05, 0.1) is 24.7 Å². The van der Waals surface area contributed by atoms with E-state index < -0.39 is 5.60 Å². The molecule has 0 atom stereocenters. The molecule has 1 heterocycles. The van der Waals surface area contributed by atoms with E-state index in [4.69, 9.17) is 9.47 Å². The first kappa shape index (κ1) is 14.3. The lowest BCUT2D eigenvalue weighted by Crippen LogP contribution is -2.24. The fourth-order valence-corrected chi connectivity index (χ4v) is 1.77. The first-order valence-corrected chi connectivity index (χ1v) is 6.63. The summed E-state index contributed by atoms with van der Waals surface area (Å²) in [5.41, 5.74) is 0.466. The topological polar surface area (TPSA) is 48.4 Å². The van der Waals surface area contributed by atoms with Crippen LogP contribution in [-0.4, -0.2) is 23.2 Å². The van der Waals surface area contributed by atoms with Gasteiger partial charge in [-0.2, -0.15) is 0 Å². The van der Waals surface area contributed by atoms with Gasteiger partial charge >= 0.3 is 5.97 Å². The molecule has 1 aromatic heterocycles.